The summed E-state index contributed by atoms with van der Waals surface area (Å²) in [6.07, 6.45) is 5.06. The van der Waals surface area contributed by atoms with Gasteiger partial charge in [-0.2, -0.15) is 0 Å². The highest BCUT2D eigenvalue weighted by atomic mass is 16.1. The second kappa shape index (κ2) is 5.84. The molecule has 7 heteroatoms. The van der Waals surface area contributed by atoms with E-state index in [0.717, 1.165) is 22.2 Å². The van der Waals surface area contributed by atoms with Crippen molar-refractivity contribution in [3.05, 3.63) is 70.9 Å². The van der Waals surface area contributed by atoms with Crippen molar-refractivity contribution in [3.8, 4) is 22.8 Å². The number of aromatic amines is 2. The smallest absolute Gasteiger partial charge is 0.209 e. The average molecular weight is 354 g/mol. The Morgan fingerprint density at radius 2 is 1.93 bits per heavy atom. The van der Waals surface area contributed by atoms with Gasteiger partial charge < -0.3 is 9.97 Å². The number of aromatic nitrogens is 6. The summed E-state index contributed by atoms with van der Waals surface area (Å²) in [7, 11) is 0. The van der Waals surface area contributed by atoms with Crippen LogP contribution < -0.4 is 5.43 Å². The second-order valence-electron chi connectivity index (χ2n) is 6.29. The van der Waals surface area contributed by atoms with Crippen molar-refractivity contribution in [2.24, 2.45) is 0 Å². The lowest BCUT2D eigenvalue weighted by molar-refractivity contribution is 1.17. The third-order valence-corrected chi connectivity index (χ3v) is 4.39. The molecule has 130 valence electrons. The van der Waals surface area contributed by atoms with Crippen LogP contribution in [0.25, 0.3) is 44.8 Å². The highest BCUT2D eigenvalue weighted by molar-refractivity contribution is 5.88. The molecule has 5 rings (SSSR count). The zero-order chi connectivity index (χ0) is 18.4. The van der Waals surface area contributed by atoms with Crippen LogP contribution >= 0.6 is 0 Å². The van der Waals surface area contributed by atoms with Gasteiger partial charge in [-0.3, -0.25) is 9.78 Å². The summed E-state index contributed by atoms with van der Waals surface area (Å²) >= 11 is 0. The lowest BCUT2D eigenvalue weighted by Crippen LogP contribution is -2.07. The number of pyridine rings is 2. The summed E-state index contributed by atoms with van der Waals surface area (Å²) in [6.45, 7) is 1.92. The SMILES string of the molecule is Cc1cnc(-c2nc3[nH]ccc(=O)c3nc2-c2ccc3ncccc3c2)[nH]1. The molecular weight excluding hydrogens is 340 g/mol. The molecule has 0 saturated heterocycles. The Kier molecular flexibility index (Phi) is 3.33. The van der Waals surface area contributed by atoms with E-state index < -0.39 is 0 Å². The van der Waals surface area contributed by atoms with Crippen LogP contribution in [0.1, 0.15) is 5.69 Å². The molecule has 0 unspecified atom stereocenters. The van der Waals surface area contributed by atoms with Gasteiger partial charge in [0, 0.05) is 41.3 Å². The van der Waals surface area contributed by atoms with Crippen LogP contribution in [0.3, 0.4) is 0 Å². The normalized spacial score (nSPS) is 11.3. The van der Waals surface area contributed by atoms with Crippen LogP contribution in [0.15, 0.2) is 59.8 Å². The van der Waals surface area contributed by atoms with Crippen molar-refractivity contribution in [2.75, 3.05) is 0 Å². The second-order valence-corrected chi connectivity index (χ2v) is 6.29. The predicted molar refractivity (Wildman–Crippen MR) is 103 cm³/mol. The van der Waals surface area contributed by atoms with Crippen LogP contribution in [-0.4, -0.2) is 29.9 Å². The molecule has 4 aromatic heterocycles. The Morgan fingerprint density at radius 1 is 1.00 bits per heavy atom. The van der Waals surface area contributed by atoms with Crippen LogP contribution in [-0.2, 0) is 0 Å². The summed E-state index contributed by atoms with van der Waals surface area (Å²) in [5.74, 6) is 0.605. The number of H-pyrrole nitrogens is 2. The van der Waals surface area contributed by atoms with Crippen molar-refractivity contribution < 1.29 is 0 Å². The molecule has 7 nitrogen and oxygen atoms in total. The monoisotopic (exact) mass is 354 g/mol. The Hall–Kier alpha value is -3.87. The zero-order valence-corrected chi connectivity index (χ0v) is 14.4. The van der Waals surface area contributed by atoms with Gasteiger partial charge in [-0.25, -0.2) is 15.0 Å². The highest BCUT2D eigenvalue weighted by Crippen LogP contribution is 2.30. The third-order valence-electron chi connectivity index (χ3n) is 4.39. The van der Waals surface area contributed by atoms with Gasteiger partial charge in [0.1, 0.15) is 11.4 Å². The standard InChI is InChI=1S/C20H14N6O/c1-11-10-23-20(24-11)18-16(25-17-15(27)6-8-22-19(17)26-18)13-4-5-14-12(9-13)3-2-7-21-14/h2-10H,1H3,(H,23,24)(H,22,26,27). The number of fused-ring (bicyclic) bond motifs is 2. The molecule has 4 heterocycles. The topological polar surface area (TPSA) is 100 Å². The first-order valence-electron chi connectivity index (χ1n) is 8.45. The molecule has 0 bridgehead atoms. The van der Waals surface area contributed by atoms with Crippen LogP contribution in [0, 0.1) is 6.92 Å². The molecule has 2 N–H and O–H groups in total. The third kappa shape index (κ3) is 2.56. The van der Waals surface area contributed by atoms with Gasteiger partial charge in [0.2, 0.25) is 5.43 Å². The molecule has 0 aliphatic carbocycles. The first-order valence-corrected chi connectivity index (χ1v) is 8.45. The van der Waals surface area contributed by atoms with Gasteiger partial charge in [0.05, 0.1) is 5.52 Å². The summed E-state index contributed by atoms with van der Waals surface area (Å²) in [6, 6.07) is 11.2. The van der Waals surface area contributed by atoms with Gasteiger partial charge in [0.25, 0.3) is 0 Å². The predicted octanol–water partition coefficient (Wildman–Crippen LogP) is 3.23. The molecule has 0 saturated carbocycles. The molecule has 0 aliphatic rings. The zero-order valence-electron chi connectivity index (χ0n) is 14.4. The lowest BCUT2D eigenvalue weighted by atomic mass is 10.1. The molecule has 0 atom stereocenters. The van der Waals surface area contributed by atoms with Crippen LogP contribution in [0.2, 0.25) is 0 Å². The summed E-state index contributed by atoms with van der Waals surface area (Å²) in [5, 5.41) is 0.987. The van der Waals surface area contributed by atoms with Crippen molar-refractivity contribution in [2.45, 2.75) is 6.92 Å². The van der Waals surface area contributed by atoms with E-state index in [0.29, 0.717) is 28.4 Å². The van der Waals surface area contributed by atoms with E-state index in [-0.39, 0.29) is 5.43 Å². The first-order chi connectivity index (χ1) is 13.2. The minimum Gasteiger partial charge on any atom is -0.345 e. The van der Waals surface area contributed by atoms with Gasteiger partial charge in [-0.05, 0) is 25.1 Å². The van der Waals surface area contributed by atoms with E-state index in [2.05, 4.69) is 29.9 Å². The van der Waals surface area contributed by atoms with Crippen LogP contribution in [0.4, 0.5) is 0 Å². The summed E-state index contributed by atoms with van der Waals surface area (Å²) in [4.78, 5) is 36.5. The fraction of sp³-hybridized carbons (Fsp3) is 0.0500. The van der Waals surface area contributed by atoms with E-state index in [1.165, 1.54) is 6.07 Å². The lowest BCUT2D eigenvalue weighted by Gasteiger charge is -2.09. The average Bonchev–Trinajstić information content (AvgIpc) is 3.13. The molecule has 0 radical (unpaired) electrons. The number of rotatable bonds is 2. The number of nitrogens with one attached hydrogen (secondary N) is 2. The highest BCUT2D eigenvalue weighted by Gasteiger charge is 2.17. The number of nitrogens with zero attached hydrogens (tertiary/aromatic N) is 4. The number of aryl methyl sites for hydroxylation is 1. The Morgan fingerprint density at radius 3 is 2.78 bits per heavy atom. The van der Waals surface area contributed by atoms with E-state index in [1.54, 1.807) is 18.6 Å². The van der Waals surface area contributed by atoms with E-state index in [4.69, 9.17) is 0 Å². The van der Waals surface area contributed by atoms with Crippen molar-refractivity contribution in [1.29, 1.82) is 0 Å². The van der Waals surface area contributed by atoms with Gasteiger partial charge in [0.15, 0.2) is 17.0 Å². The number of hydrogen-bond donors (Lipinski definition) is 2. The van der Waals surface area contributed by atoms with E-state index >= 15 is 0 Å². The van der Waals surface area contributed by atoms with Gasteiger partial charge in [-0.1, -0.05) is 12.1 Å². The van der Waals surface area contributed by atoms with Crippen molar-refractivity contribution >= 4 is 22.1 Å². The molecule has 0 fully saturated rings. The summed E-state index contributed by atoms with van der Waals surface area (Å²) in [5.41, 5.74) is 4.38. The molecule has 0 aliphatic heterocycles. The minimum atomic E-state index is -0.179. The van der Waals surface area contributed by atoms with Crippen molar-refractivity contribution in [3.63, 3.8) is 0 Å². The van der Waals surface area contributed by atoms with E-state index in [9.17, 15) is 4.79 Å². The minimum absolute atomic E-state index is 0.179. The number of imidazole rings is 1. The first kappa shape index (κ1) is 15.4. The molecule has 27 heavy (non-hydrogen) atoms. The maximum Gasteiger partial charge on any atom is 0.209 e. The van der Waals surface area contributed by atoms with Crippen molar-refractivity contribution in [1.82, 2.24) is 29.9 Å². The molecule has 0 spiro atoms. The fourth-order valence-electron chi connectivity index (χ4n) is 3.11. The van der Waals surface area contributed by atoms with E-state index in [1.807, 2.05) is 37.3 Å². The molecule has 0 amide bonds. The Bertz CT molecular complexity index is 1370. The largest absolute Gasteiger partial charge is 0.345 e. The number of hydrogen-bond acceptors (Lipinski definition) is 5. The Balaban J connectivity index is 1.85. The summed E-state index contributed by atoms with van der Waals surface area (Å²) < 4.78 is 0. The quantitative estimate of drug-likeness (QED) is 0.507. The maximum atomic E-state index is 12.3. The molecule has 5 aromatic rings. The van der Waals surface area contributed by atoms with Gasteiger partial charge >= 0.3 is 0 Å². The van der Waals surface area contributed by atoms with Gasteiger partial charge in [-0.15, -0.1) is 0 Å². The molecular formula is C20H14N6O. The fourth-order valence-corrected chi connectivity index (χ4v) is 3.11. The van der Waals surface area contributed by atoms with Crippen LogP contribution in [0.5, 0.6) is 0 Å². The maximum absolute atomic E-state index is 12.3. The molecule has 1 aromatic carbocycles. The number of benzene rings is 1. The Labute approximate surface area is 153 Å².